The highest BCUT2D eigenvalue weighted by atomic mass is 19.1. The Morgan fingerprint density at radius 3 is 2.65 bits per heavy atom. The van der Waals surface area contributed by atoms with Crippen LogP contribution < -0.4 is 10.5 Å². The molecule has 0 saturated heterocycles. The van der Waals surface area contributed by atoms with Gasteiger partial charge in [-0.15, -0.1) is 0 Å². The molecule has 1 aromatic carbocycles. The third-order valence-corrected chi connectivity index (χ3v) is 2.27. The van der Waals surface area contributed by atoms with Gasteiger partial charge in [0.05, 0.1) is 18.4 Å². The molecule has 0 radical (unpaired) electrons. The van der Waals surface area contributed by atoms with Crippen molar-refractivity contribution in [2.24, 2.45) is 0 Å². The zero-order valence-electron chi connectivity index (χ0n) is 8.86. The third-order valence-electron chi connectivity index (χ3n) is 2.27. The van der Waals surface area contributed by atoms with Crippen LogP contribution in [0.25, 0.3) is 11.3 Å². The zero-order valence-corrected chi connectivity index (χ0v) is 8.86. The van der Waals surface area contributed by atoms with Gasteiger partial charge in [-0.2, -0.15) is 5.10 Å². The number of hydrogen-bond donors (Lipinski definition) is 4. The molecular formula is C10H10FN3O3. The molecule has 2 aromatic rings. The minimum absolute atomic E-state index is 0.140. The Morgan fingerprint density at radius 2 is 2.12 bits per heavy atom. The van der Waals surface area contributed by atoms with Gasteiger partial charge in [0, 0.05) is 12.1 Å². The summed E-state index contributed by atoms with van der Waals surface area (Å²) in [7, 11) is 1.25. The highest BCUT2D eigenvalue weighted by Crippen LogP contribution is 2.42. The van der Waals surface area contributed by atoms with Gasteiger partial charge in [-0.05, 0) is 0 Å². The molecular weight excluding hydrogens is 229 g/mol. The number of methoxy groups -OCH3 is 1. The van der Waals surface area contributed by atoms with Gasteiger partial charge in [-0.3, -0.25) is 5.10 Å². The summed E-state index contributed by atoms with van der Waals surface area (Å²) in [6.45, 7) is 0. The molecule has 0 aliphatic carbocycles. The summed E-state index contributed by atoms with van der Waals surface area (Å²) in [6, 6.07) is 2.31. The number of nitrogens with zero attached hydrogens (tertiary/aromatic N) is 1. The summed E-state index contributed by atoms with van der Waals surface area (Å²) in [5, 5.41) is 25.1. The zero-order chi connectivity index (χ0) is 12.6. The van der Waals surface area contributed by atoms with E-state index in [4.69, 9.17) is 10.5 Å². The second-order valence-electron chi connectivity index (χ2n) is 3.34. The van der Waals surface area contributed by atoms with Crippen molar-refractivity contribution in [1.82, 2.24) is 10.2 Å². The number of nitrogen functional groups attached to an aromatic ring is 1. The van der Waals surface area contributed by atoms with Crippen LogP contribution >= 0.6 is 0 Å². The van der Waals surface area contributed by atoms with Crippen LogP contribution in [-0.4, -0.2) is 27.5 Å². The lowest BCUT2D eigenvalue weighted by Gasteiger charge is -2.09. The Bertz CT molecular complexity index is 568. The van der Waals surface area contributed by atoms with Gasteiger partial charge in [0.15, 0.2) is 23.1 Å². The number of hydrogen-bond acceptors (Lipinski definition) is 5. The fraction of sp³-hybridized carbons (Fsp3) is 0.100. The number of rotatable bonds is 2. The maximum atomic E-state index is 13.9. The molecule has 1 aromatic heterocycles. The van der Waals surface area contributed by atoms with Gasteiger partial charge >= 0.3 is 0 Å². The number of halogens is 1. The number of anilines is 1. The van der Waals surface area contributed by atoms with Crippen LogP contribution in [0.1, 0.15) is 0 Å². The van der Waals surface area contributed by atoms with Crippen LogP contribution in [0.5, 0.6) is 17.2 Å². The number of aromatic hydroxyl groups is 2. The quantitative estimate of drug-likeness (QED) is 0.590. The molecule has 7 heteroatoms. The lowest BCUT2D eigenvalue weighted by Crippen LogP contribution is -1.93. The second kappa shape index (κ2) is 3.85. The topological polar surface area (TPSA) is 104 Å². The van der Waals surface area contributed by atoms with Crippen LogP contribution in [-0.2, 0) is 0 Å². The lowest BCUT2D eigenvalue weighted by atomic mass is 10.1. The predicted octanol–water partition coefficient (Wildman–Crippen LogP) is 1.22. The van der Waals surface area contributed by atoms with Gasteiger partial charge < -0.3 is 20.7 Å². The fourth-order valence-electron chi connectivity index (χ4n) is 1.47. The average molecular weight is 239 g/mol. The number of nitrogens with two attached hydrogens (primary N) is 1. The van der Waals surface area contributed by atoms with Gasteiger partial charge in [0.1, 0.15) is 5.82 Å². The van der Waals surface area contributed by atoms with Crippen LogP contribution in [0.2, 0.25) is 0 Å². The maximum absolute atomic E-state index is 13.9. The number of nitrogens with one attached hydrogen (secondary N) is 1. The van der Waals surface area contributed by atoms with Crippen molar-refractivity contribution >= 4 is 5.82 Å². The van der Waals surface area contributed by atoms with Crippen molar-refractivity contribution in [3.8, 4) is 28.5 Å². The first-order valence-corrected chi connectivity index (χ1v) is 4.64. The summed E-state index contributed by atoms with van der Waals surface area (Å²) >= 11 is 0. The largest absolute Gasteiger partial charge is 0.504 e. The Morgan fingerprint density at radius 1 is 1.41 bits per heavy atom. The van der Waals surface area contributed by atoms with Crippen molar-refractivity contribution in [2.45, 2.75) is 0 Å². The van der Waals surface area contributed by atoms with E-state index in [1.54, 1.807) is 0 Å². The number of phenolic OH excluding ortho intramolecular Hbond substituents is 2. The molecule has 2 rings (SSSR count). The van der Waals surface area contributed by atoms with Gasteiger partial charge in [0.25, 0.3) is 0 Å². The number of ether oxygens (including phenoxy) is 1. The number of phenols is 2. The molecule has 0 aliphatic rings. The van der Waals surface area contributed by atoms with E-state index in [1.165, 1.54) is 13.2 Å². The Hall–Kier alpha value is -2.44. The van der Waals surface area contributed by atoms with E-state index in [2.05, 4.69) is 10.2 Å². The van der Waals surface area contributed by atoms with Crippen LogP contribution in [0.15, 0.2) is 12.1 Å². The minimum Gasteiger partial charge on any atom is -0.504 e. The molecule has 0 spiro atoms. The van der Waals surface area contributed by atoms with Gasteiger partial charge in [-0.1, -0.05) is 0 Å². The highest BCUT2D eigenvalue weighted by Gasteiger charge is 2.21. The van der Waals surface area contributed by atoms with E-state index in [0.29, 0.717) is 0 Å². The van der Waals surface area contributed by atoms with Crippen molar-refractivity contribution in [3.05, 3.63) is 17.9 Å². The van der Waals surface area contributed by atoms with E-state index in [0.717, 1.165) is 6.07 Å². The molecule has 0 unspecified atom stereocenters. The van der Waals surface area contributed by atoms with Crippen LogP contribution in [0.4, 0.5) is 10.2 Å². The monoisotopic (exact) mass is 239 g/mol. The number of H-pyrrole nitrogens is 1. The van der Waals surface area contributed by atoms with E-state index < -0.39 is 17.3 Å². The standard InChI is InChI=1S/C10H10FN3O3/c1-17-6-3-5(15)10(16)8(9(6)11)4-2-7(12)14-13-4/h2-3,15-16H,1H3,(H3,12,13,14). The SMILES string of the molecule is COc1cc(O)c(O)c(-c2cc(N)n[nH]2)c1F. The molecule has 5 N–H and O–H groups in total. The van der Waals surface area contributed by atoms with Crippen molar-refractivity contribution < 1.29 is 19.3 Å². The number of benzene rings is 1. The van der Waals surface area contributed by atoms with E-state index in [1.807, 2.05) is 0 Å². The van der Waals surface area contributed by atoms with Gasteiger partial charge in [-0.25, -0.2) is 4.39 Å². The fourth-order valence-corrected chi connectivity index (χ4v) is 1.47. The molecule has 0 aliphatic heterocycles. The van der Waals surface area contributed by atoms with Gasteiger partial charge in [0.2, 0.25) is 0 Å². The van der Waals surface area contributed by atoms with Crippen LogP contribution in [0.3, 0.4) is 0 Å². The van der Waals surface area contributed by atoms with Crippen molar-refractivity contribution in [2.75, 3.05) is 12.8 Å². The predicted molar refractivity (Wildman–Crippen MR) is 58.3 cm³/mol. The summed E-state index contributed by atoms with van der Waals surface area (Å²) < 4.78 is 18.7. The summed E-state index contributed by atoms with van der Waals surface area (Å²) in [5.74, 6) is -1.96. The molecule has 90 valence electrons. The van der Waals surface area contributed by atoms with E-state index in [-0.39, 0.29) is 22.8 Å². The summed E-state index contributed by atoms with van der Waals surface area (Å²) in [4.78, 5) is 0. The molecule has 17 heavy (non-hydrogen) atoms. The first kappa shape index (κ1) is 11.1. The first-order chi connectivity index (χ1) is 8.04. The first-order valence-electron chi connectivity index (χ1n) is 4.64. The molecule has 1 heterocycles. The number of aromatic nitrogens is 2. The average Bonchev–Trinajstić information content (AvgIpc) is 2.70. The Balaban J connectivity index is 2.71. The lowest BCUT2D eigenvalue weighted by molar-refractivity contribution is 0.366. The smallest absolute Gasteiger partial charge is 0.178 e. The normalized spacial score (nSPS) is 10.5. The highest BCUT2D eigenvalue weighted by molar-refractivity contribution is 5.74. The van der Waals surface area contributed by atoms with Crippen molar-refractivity contribution in [3.63, 3.8) is 0 Å². The van der Waals surface area contributed by atoms with Crippen molar-refractivity contribution in [1.29, 1.82) is 0 Å². The minimum atomic E-state index is -0.813. The maximum Gasteiger partial charge on any atom is 0.178 e. The van der Waals surface area contributed by atoms with E-state index in [9.17, 15) is 14.6 Å². The molecule has 6 nitrogen and oxygen atoms in total. The number of aromatic amines is 1. The third kappa shape index (κ3) is 1.71. The molecule has 0 bridgehead atoms. The van der Waals surface area contributed by atoms with E-state index >= 15 is 0 Å². The Labute approximate surface area is 95.5 Å². The molecule has 0 fully saturated rings. The van der Waals surface area contributed by atoms with Crippen LogP contribution in [0, 0.1) is 5.82 Å². The molecule has 0 saturated carbocycles. The Kier molecular flexibility index (Phi) is 2.51. The summed E-state index contributed by atoms with van der Waals surface area (Å²) in [5.41, 5.74) is 5.29. The molecule has 0 atom stereocenters. The molecule has 0 amide bonds. The second-order valence-corrected chi connectivity index (χ2v) is 3.34. The summed E-state index contributed by atoms with van der Waals surface area (Å²) in [6.07, 6.45) is 0.